The Morgan fingerprint density at radius 2 is 1.93 bits per heavy atom. The van der Waals surface area contributed by atoms with Crippen molar-refractivity contribution >= 4 is 11.7 Å². The summed E-state index contributed by atoms with van der Waals surface area (Å²) in [6.07, 6.45) is -4.66. The summed E-state index contributed by atoms with van der Waals surface area (Å²) >= 11 is 0. The molecular weight excluding hydrogens is 199 g/mol. The number of benzene rings is 1. The number of anilines is 1. The molecule has 0 fully saturated rings. The average Bonchev–Trinajstić information content (AvgIpc) is 2.01. The van der Waals surface area contributed by atoms with Crippen molar-refractivity contribution in [2.45, 2.75) is 6.18 Å². The van der Waals surface area contributed by atoms with Gasteiger partial charge in [0.1, 0.15) is 0 Å². The van der Waals surface area contributed by atoms with Gasteiger partial charge in [0, 0.05) is 5.56 Å². The van der Waals surface area contributed by atoms with Gasteiger partial charge in [-0.15, -0.1) is 0 Å². The molecule has 0 aliphatic carbocycles. The van der Waals surface area contributed by atoms with E-state index in [-0.39, 0.29) is 0 Å². The van der Waals surface area contributed by atoms with E-state index in [1.807, 2.05) is 0 Å². The molecular formula is C8H5F3NO2-. The van der Waals surface area contributed by atoms with Gasteiger partial charge in [0.15, 0.2) is 0 Å². The largest absolute Gasteiger partial charge is 0.545 e. The molecule has 0 spiro atoms. The van der Waals surface area contributed by atoms with Gasteiger partial charge in [0.05, 0.1) is 17.2 Å². The van der Waals surface area contributed by atoms with Crippen LogP contribution < -0.4 is 10.8 Å². The fraction of sp³-hybridized carbons (Fsp3) is 0.125. The van der Waals surface area contributed by atoms with Gasteiger partial charge in [-0.1, -0.05) is 12.1 Å². The Balaban J connectivity index is 3.35. The van der Waals surface area contributed by atoms with Crippen molar-refractivity contribution in [1.82, 2.24) is 0 Å². The number of hydrogen-bond donors (Lipinski definition) is 1. The zero-order valence-corrected chi connectivity index (χ0v) is 6.76. The first-order chi connectivity index (χ1) is 6.34. The number of rotatable bonds is 1. The molecule has 0 saturated heterocycles. The number of carboxylic acid groups (broad SMARTS) is 1. The molecule has 1 aromatic carbocycles. The number of hydrogen-bond acceptors (Lipinski definition) is 3. The van der Waals surface area contributed by atoms with Crippen LogP contribution in [0.3, 0.4) is 0 Å². The molecule has 0 aliphatic rings. The fourth-order valence-electron chi connectivity index (χ4n) is 0.990. The summed E-state index contributed by atoms with van der Waals surface area (Å²) in [5, 5.41) is 10.3. The van der Waals surface area contributed by atoms with Crippen molar-refractivity contribution in [3.8, 4) is 0 Å². The molecule has 0 aliphatic heterocycles. The predicted octanol–water partition coefficient (Wildman–Crippen LogP) is 0.651. The van der Waals surface area contributed by atoms with Crippen LogP contribution in [0.1, 0.15) is 15.9 Å². The summed E-state index contributed by atoms with van der Waals surface area (Å²) in [5.74, 6) is -1.73. The van der Waals surface area contributed by atoms with Crippen molar-refractivity contribution in [3.05, 3.63) is 29.3 Å². The van der Waals surface area contributed by atoms with Gasteiger partial charge in [-0.3, -0.25) is 0 Å². The van der Waals surface area contributed by atoms with Gasteiger partial charge in [0.25, 0.3) is 0 Å². The third kappa shape index (κ3) is 1.78. The van der Waals surface area contributed by atoms with Crippen LogP contribution in [0.25, 0.3) is 0 Å². The molecule has 0 saturated carbocycles. The van der Waals surface area contributed by atoms with E-state index < -0.39 is 29.0 Å². The highest BCUT2D eigenvalue weighted by atomic mass is 19.4. The van der Waals surface area contributed by atoms with Crippen LogP contribution in [0.5, 0.6) is 0 Å². The Morgan fingerprint density at radius 1 is 1.36 bits per heavy atom. The second-order valence-electron chi connectivity index (χ2n) is 2.55. The highest BCUT2D eigenvalue weighted by molar-refractivity contribution is 5.93. The Kier molecular flexibility index (Phi) is 2.37. The number of para-hydroxylation sites is 1. The lowest BCUT2D eigenvalue weighted by Crippen LogP contribution is -2.24. The molecule has 76 valence electrons. The summed E-state index contributed by atoms with van der Waals surface area (Å²) < 4.78 is 36.6. The van der Waals surface area contributed by atoms with Gasteiger partial charge >= 0.3 is 6.18 Å². The van der Waals surface area contributed by atoms with Crippen LogP contribution in [0.4, 0.5) is 18.9 Å². The number of alkyl halides is 3. The second-order valence-corrected chi connectivity index (χ2v) is 2.55. The molecule has 1 aromatic rings. The number of carbonyl (C=O) groups excluding carboxylic acids is 1. The summed E-state index contributed by atoms with van der Waals surface area (Å²) in [5.41, 5.74) is 2.39. The number of halogens is 3. The molecule has 14 heavy (non-hydrogen) atoms. The van der Waals surface area contributed by atoms with Crippen molar-refractivity contribution in [2.24, 2.45) is 0 Å². The van der Waals surface area contributed by atoms with E-state index in [2.05, 4.69) is 0 Å². The van der Waals surface area contributed by atoms with Crippen molar-refractivity contribution < 1.29 is 23.1 Å². The average molecular weight is 204 g/mol. The topological polar surface area (TPSA) is 66.2 Å². The van der Waals surface area contributed by atoms with Crippen molar-refractivity contribution in [1.29, 1.82) is 0 Å². The lowest BCUT2D eigenvalue weighted by atomic mass is 10.1. The standard InChI is InChI=1S/C8H6F3NO2/c9-8(10,11)5-3-1-2-4(6(5)12)7(13)14/h1-3H,12H2,(H,13,14)/p-1. The maximum Gasteiger partial charge on any atom is 0.418 e. The number of aromatic carboxylic acids is 1. The Labute approximate surface area is 77.0 Å². The van der Waals surface area contributed by atoms with Crippen molar-refractivity contribution in [3.63, 3.8) is 0 Å². The molecule has 1 rings (SSSR count). The lowest BCUT2D eigenvalue weighted by Gasteiger charge is -2.13. The van der Waals surface area contributed by atoms with Gasteiger partial charge in [-0.05, 0) is 6.07 Å². The summed E-state index contributed by atoms with van der Waals surface area (Å²) in [6, 6.07) is 2.63. The van der Waals surface area contributed by atoms with E-state index in [1.165, 1.54) is 0 Å². The number of carboxylic acids is 1. The third-order valence-electron chi connectivity index (χ3n) is 1.63. The normalized spacial score (nSPS) is 11.4. The molecule has 0 unspecified atom stereocenters. The minimum Gasteiger partial charge on any atom is -0.545 e. The fourth-order valence-corrected chi connectivity index (χ4v) is 0.990. The van der Waals surface area contributed by atoms with Crippen LogP contribution in [0, 0.1) is 0 Å². The first kappa shape index (κ1) is 10.4. The molecule has 3 nitrogen and oxygen atoms in total. The molecule has 6 heteroatoms. The quantitative estimate of drug-likeness (QED) is 0.683. The SMILES string of the molecule is Nc1c(C(=O)[O-])cccc1C(F)(F)F. The van der Waals surface area contributed by atoms with E-state index in [0.717, 1.165) is 12.1 Å². The molecule has 0 aromatic heterocycles. The molecule has 0 heterocycles. The summed E-state index contributed by atoms with van der Waals surface area (Å²) in [7, 11) is 0. The smallest absolute Gasteiger partial charge is 0.418 e. The van der Waals surface area contributed by atoms with E-state index in [0.29, 0.717) is 6.07 Å². The summed E-state index contributed by atoms with van der Waals surface area (Å²) in [4.78, 5) is 10.3. The van der Waals surface area contributed by atoms with E-state index in [4.69, 9.17) is 5.73 Å². The minimum absolute atomic E-state index is 0.653. The lowest BCUT2D eigenvalue weighted by molar-refractivity contribution is -0.254. The Bertz CT molecular complexity index is 373. The zero-order valence-electron chi connectivity index (χ0n) is 6.76. The van der Waals surface area contributed by atoms with E-state index >= 15 is 0 Å². The highest BCUT2D eigenvalue weighted by Gasteiger charge is 2.33. The van der Waals surface area contributed by atoms with E-state index in [9.17, 15) is 23.1 Å². The van der Waals surface area contributed by atoms with Gasteiger partial charge in [-0.2, -0.15) is 13.2 Å². The van der Waals surface area contributed by atoms with Crippen LogP contribution in [-0.4, -0.2) is 5.97 Å². The van der Waals surface area contributed by atoms with Crippen LogP contribution in [0.2, 0.25) is 0 Å². The van der Waals surface area contributed by atoms with Gasteiger partial charge < -0.3 is 15.6 Å². The number of nitrogen functional groups attached to an aromatic ring is 1. The molecule has 0 bridgehead atoms. The summed E-state index contributed by atoms with van der Waals surface area (Å²) in [6.45, 7) is 0. The first-order valence-corrected chi connectivity index (χ1v) is 3.51. The van der Waals surface area contributed by atoms with Gasteiger partial charge in [0.2, 0.25) is 0 Å². The van der Waals surface area contributed by atoms with Crippen LogP contribution >= 0.6 is 0 Å². The Morgan fingerprint density at radius 3 is 2.36 bits per heavy atom. The number of carbonyl (C=O) groups is 1. The molecule has 0 radical (unpaired) electrons. The minimum atomic E-state index is -4.66. The Hall–Kier alpha value is -1.72. The first-order valence-electron chi connectivity index (χ1n) is 3.51. The predicted molar refractivity (Wildman–Crippen MR) is 40.2 cm³/mol. The van der Waals surface area contributed by atoms with E-state index in [1.54, 1.807) is 0 Å². The zero-order chi connectivity index (χ0) is 10.9. The van der Waals surface area contributed by atoms with Crippen LogP contribution in [0.15, 0.2) is 18.2 Å². The van der Waals surface area contributed by atoms with Gasteiger partial charge in [-0.25, -0.2) is 0 Å². The maximum absolute atomic E-state index is 12.2. The highest BCUT2D eigenvalue weighted by Crippen LogP contribution is 2.34. The maximum atomic E-state index is 12.2. The monoisotopic (exact) mass is 204 g/mol. The number of nitrogens with two attached hydrogens (primary N) is 1. The molecule has 2 N–H and O–H groups in total. The second kappa shape index (κ2) is 3.21. The van der Waals surface area contributed by atoms with Crippen molar-refractivity contribution in [2.75, 3.05) is 5.73 Å². The third-order valence-corrected chi connectivity index (χ3v) is 1.63. The van der Waals surface area contributed by atoms with Crippen LogP contribution in [-0.2, 0) is 6.18 Å². The molecule has 0 atom stereocenters. The molecule has 0 amide bonds.